The molecule has 16 heavy (non-hydrogen) atoms. The number of nitrogens with one attached hydrogen (secondary N) is 1. The van der Waals surface area contributed by atoms with Crippen molar-refractivity contribution in [3.05, 3.63) is 0 Å². The van der Waals surface area contributed by atoms with Crippen LogP contribution in [-0.4, -0.2) is 26.0 Å². The van der Waals surface area contributed by atoms with Crippen LogP contribution in [0.1, 0.15) is 45.4 Å². The molecule has 1 saturated heterocycles. The van der Waals surface area contributed by atoms with Crippen LogP contribution in [0.5, 0.6) is 0 Å². The van der Waals surface area contributed by atoms with Gasteiger partial charge in [-0.05, 0) is 18.8 Å². The van der Waals surface area contributed by atoms with E-state index in [4.69, 9.17) is 5.84 Å². The SMILES string of the molecule is CCCCCCC(NN)C1CCS(=O)(=O)C1. The van der Waals surface area contributed by atoms with Crippen LogP contribution in [0.4, 0.5) is 0 Å². The van der Waals surface area contributed by atoms with Crippen LogP contribution in [0.15, 0.2) is 0 Å². The highest BCUT2D eigenvalue weighted by atomic mass is 32.2. The van der Waals surface area contributed by atoms with Crippen LogP contribution in [0.25, 0.3) is 0 Å². The van der Waals surface area contributed by atoms with E-state index in [0.717, 1.165) is 19.3 Å². The van der Waals surface area contributed by atoms with Crippen LogP contribution in [-0.2, 0) is 9.84 Å². The van der Waals surface area contributed by atoms with Gasteiger partial charge in [0.1, 0.15) is 0 Å². The molecule has 1 fully saturated rings. The van der Waals surface area contributed by atoms with Gasteiger partial charge in [-0.3, -0.25) is 11.3 Å². The van der Waals surface area contributed by atoms with E-state index in [1.54, 1.807) is 0 Å². The van der Waals surface area contributed by atoms with E-state index in [2.05, 4.69) is 12.3 Å². The molecule has 1 aliphatic rings. The monoisotopic (exact) mass is 248 g/mol. The molecule has 1 heterocycles. The number of nitrogens with two attached hydrogens (primary N) is 1. The minimum Gasteiger partial charge on any atom is -0.271 e. The molecule has 1 rings (SSSR count). The standard InChI is InChI=1S/C11H24N2O2S/c1-2-3-4-5-6-11(13-12)10-7-8-16(14,15)9-10/h10-11,13H,2-9,12H2,1H3. The number of rotatable bonds is 7. The lowest BCUT2D eigenvalue weighted by atomic mass is 9.94. The van der Waals surface area contributed by atoms with Crippen molar-refractivity contribution >= 4 is 9.84 Å². The van der Waals surface area contributed by atoms with Crippen LogP contribution < -0.4 is 11.3 Å². The molecule has 0 aromatic rings. The molecule has 0 bridgehead atoms. The number of unbranched alkanes of at least 4 members (excludes halogenated alkanes) is 3. The van der Waals surface area contributed by atoms with E-state index in [1.807, 2.05) is 0 Å². The van der Waals surface area contributed by atoms with Crippen LogP contribution >= 0.6 is 0 Å². The third-order valence-electron chi connectivity index (χ3n) is 3.42. The van der Waals surface area contributed by atoms with Gasteiger partial charge in [0.15, 0.2) is 9.84 Å². The fourth-order valence-corrected chi connectivity index (χ4v) is 4.27. The summed E-state index contributed by atoms with van der Waals surface area (Å²) in [5.41, 5.74) is 2.79. The van der Waals surface area contributed by atoms with Crippen LogP contribution in [0.3, 0.4) is 0 Å². The molecule has 4 nitrogen and oxygen atoms in total. The highest BCUT2D eigenvalue weighted by Gasteiger charge is 2.32. The summed E-state index contributed by atoms with van der Waals surface area (Å²) < 4.78 is 22.7. The van der Waals surface area contributed by atoms with Crippen molar-refractivity contribution in [3.63, 3.8) is 0 Å². The third kappa shape index (κ3) is 4.39. The highest BCUT2D eigenvalue weighted by Crippen LogP contribution is 2.24. The molecule has 0 aliphatic carbocycles. The van der Waals surface area contributed by atoms with Crippen molar-refractivity contribution in [3.8, 4) is 0 Å². The first kappa shape index (κ1) is 13.9. The lowest BCUT2D eigenvalue weighted by molar-refractivity contribution is 0.355. The first-order chi connectivity index (χ1) is 7.59. The molecule has 96 valence electrons. The Hall–Kier alpha value is -0.130. The minimum absolute atomic E-state index is 0.175. The normalized spacial score (nSPS) is 25.8. The van der Waals surface area contributed by atoms with Crippen LogP contribution in [0.2, 0.25) is 0 Å². The van der Waals surface area contributed by atoms with Gasteiger partial charge in [-0.2, -0.15) is 0 Å². The first-order valence-corrected chi connectivity index (χ1v) is 8.07. The molecule has 0 spiro atoms. The van der Waals surface area contributed by atoms with Gasteiger partial charge in [0.05, 0.1) is 11.5 Å². The molecule has 0 amide bonds. The van der Waals surface area contributed by atoms with Crippen molar-refractivity contribution in [2.45, 2.75) is 51.5 Å². The Bertz CT molecular complexity index is 290. The van der Waals surface area contributed by atoms with E-state index < -0.39 is 9.84 Å². The molecular weight excluding hydrogens is 224 g/mol. The summed E-state index contributed by atoms with van der Waals surface area (Å²) in [5, 5.41) is 0. The fraction of sp³-hybridized carbons (Fsp3) is 1.00. The Morgan fingerprint density at radius 2 is 2.12 bits per heavy atom. The predicted molar refractivity (Wildman–Crippen MR) is 66.6 cm³/mol. The van der Waals surface area contributed by atoms with Gasteiger partial charge in [-0.1, -0.05) is 32.6 Å². The summed E-state index contributed by atoms with van der Waals surface area (Å²) in [6, 6.07) is 0.175. The van der Waals surface area contributed by atoms with Crippen molar-refractivity contribution in [2.75, 3.05) is 11.5 Å². The zero-order chi connectivity index (χ0) is 12.0. The smallest absolute Gasteiger partial charge is 0.150 e. The maximum Gasteiger partial charge on any atom is 0.150 e. The number of hydrazine groups is 1. The molecule has 2 unspecified atom stereocenters. The highest BCUT2D eigenvalue weighted by molar-refractivity contribution is 7.91. The number of sulfone groups is 1. The average molecular weight is 248 g/mol. The Morgan fingerprint density at radius 1 is 1.38 bits per heavy atom. The summed E-state index contributed by atoms with van der Waals surface area (Å²) in [6.07, 6.45) is 6.59. The Labute approximate surface area is 98.9 Å². The number of hydrogen-bond acceptors (Lipinski definition) is 4. The summed E-state index contributed by atoms with van der Waals surface area (Å²) in [7, 11) is -2.78. The van der Waals surface area contributed by atoms with Crippen molar-refractivity contribution < 1.29 is 8.42 Å². The quantitative estimate of drug-likeness (QED) is 0.404. The van der Waals surface area contributed by atoms with E-state index in [-0.39, 0.29) is 12.0 Å². The molecule has 5 heteroatoms. The van der Waals surface area contributed by atoms with Crippen molar-refractivity contribution in [1.29, 1.82) is 0 Å². The summed E-state index contributed by atoms with van der Waals surface area (Å²) >= 11 is 0. The molecule has 2 atom stereocenters. The van der Waals surface area contributed by atoms with Gasteiger partial charge in [0, 0.05) is 6.04 Å². The van der Waals surface area contributed by atoms with Gasteiger partial charge in [0.25, 0.3) is 0 Å². The Balaban J connectivity index is 2.31. The second-order valence-corrected chi connectivity index (χ2v) is 7.01. The predicted octanol–water partition coefficient (Wildman–Crippen LogP) is 1.22. The minimum atomic E-state index is -2.78. The summed E-state index contributed by atoms with van der Waals surface area (Å²) in [5.74, 6) is 6.38. The molecular formula is C11H24N2O2S. The first-order valence-electron chi connectivity index (χ1n) is 6.25. The molecule has 0 aromatic carbocycles. The zero-order valence-electron chi connectivity index (χ0n) is 10.1. The van der Waals surface area contributed by atoms with Gasteiger partial charge in [-0.15, -0.1) is 0 Å². The Morgan fingerprint density at radius 3 is 2.62 bits per heavy atom. The molecule has 3 N–H and O–H groups in total. The maximum absolute atomic E-state index is 11.4. The van der Waals surface area contributed by atoms with E-state index in [0.29, 0.717) is 11.5 Å². The third-order valence-corrected chi connectivity index (χ3v) is 5.21. The van der Waals surface area contributed by atoms with Gasteiger partial charge in [0.2, 0.25) is 0 Å². The number of hydrogen-bond donors (Lipinski definition) is 2. The summed E-state index contributed by atoms with van der Waals surface area (Å²) in [4.78, 5) is 0. The zero-order valence-corrected chi connectivity index (χ0v) is 10.9. The fourth-order valence-electron chi connectivity index (χ4n) is 2.39. The lowest BCUT2D eigenvalue weighted by Crippen LogP contribution is -2.41. The molecule has 0 saturated carbocycles. The van der Waals surface area contributed by atoms with Gasteiger partial charge in [-0.25, -0.2) is 8.42 Å². The molecule has 0 aromatic heterocycles. The van der Waals surface area contributed by atoms with Crippen LogP contribution in [0, 0.1) is 5.92 Å². The molecule has 0 radical (unpaired) electrons. The van der Waals surface area contributed by atoms with E-state index in [1.165, 1.54) is 19.3 Å². The van der Waals surface area contributed by atoms with Crippen molar-refractivity contribution in [2.24, 2.45) is 11.8 Å². The average Bonchev–Trinajstić information content (AvgIpc) is 2.59. The van der Waals surface area contributed by atoms with Crippen molar-refractivity contribution in [1.82, 2.24) is 5.43 Å². The second kappa shape index (κ2) is 6.57. The lowest BCUT2D eigenvalue weighted by Gasteiger charge is -2.21. The maximum atomic E-state index is 11.4. The van der Waals surface area contributed by atoms with Gasteiger partial charge >= 0.3 is 0 Å². The largest absolute Gasteiger partial charge is 0.271 e. The summed E-state index contributed by atoms with van der Waals surface area (Å²) in [6.45, 7) is 2.18. The van der Waals surface area contributed by atoms with Gasteiger partial charge < -0.3 is 0 Å². The second-order valence-electron chi connectivity index (χ2n) is 4.79. The van der Waals surface area contributed by atoms with E-state index in [9.17, 15) is 8.42 Å². The van der Waals surface area contributed by atoms with E-state index >= 15 is 0 Å². The molecule has 1 aliphatic heterocycles. The Kier molecular flexibility index (Phi) is 5.72. The topological polar surface area (TPSA) is 72.2 Å².